The minimum atomic E-state index is -0.725. The number of carbonyl (C=O) groups is 2. The highest BCUT2D eigenvalue weighted by Gasteiger charge is 2.26. The maximum atomic E-state index is 12.8. The van der Waals surface area contributed by atoms with Gasteiger partial charge in [-0.15, -0.1) is 0 Å². The van der Waals surface area contributed by atoms with Crippen LogP contribution >= 0.6 is 0 Å². The Bertz CT molecular complexity index is 1080. The molecule has 1 aromatic carbocycles. The molecule has 0 fully saturated rings. The van der Waals surface area contributed by atoms with E-state index >= 15 is 0 Å². The molecule has 0 radical (unpaired) electrons. The van der Waals surface area contributed by atoms with Crippen molar-refractivity contribution in [2.45, 2.75) is 26.3 Å². The summed E-state index contributed by atoms with van der Waals surface area (Å²) in [6, 6.07) is 11.6. The van der Waals surface area contributed by atoms with Crippen molar-refractivity contribution in [2.75, 3.05) is 20.8 Å². The number of pyridine rings is 1. The minimum Gasteiger partial charge on any atom is -0.497 e. The van der Waals surface area contributed by atoms with Crippen molar-refractivity contribution < 1.29 is 23.6 Å². The molecule has 9 nitrogen and oxygen atoms in total. The van der Waals surface area contributed by atoms with Gasteiger partial charge < -0.3 is 24.6 Å². The number of aromatic nitrogens is 2. The third-order valence-corrected chi connectivity index (χ3v) is 5.06. The number of nitrogens with zero attached hydrogens (tertiary/aromatic N) is 2. The second-order valence-electron chi connectivity index (χ2n) is 7.70. The Morgan fingerprint density at radius 3 is 2.58 bits per heavy atom. The van der Waals surface area contributed by atoms with Crippen molar-refractivity contribution in [3.63, 3.8) is 0 Å². The molecule has 3 rings (SSSR count). The third-order valence-electron chi connectivity index (χ3n) is 5.06. The van der Waals surface area contributed by atoms with Gasteiger partial charge in [-0.3, -0.25) is 14.6 Å². The number of methoxy groups -OCH3 is 2. The molecule has 33 heavy (non-hydrogen) atoms. The van der Waals surface area contributed by atoms with Crippen LogP contribution in [0.5, 0.6) is 11.5 Å². The summed E-state index contributed by atoms with van der Waals surface area (Å²) in [7, 11) is 3.09. The van der Waals surface area contributed by atoms with Crippen molar-refractivity contribution in [3.8, 4) is 22.8 Å². The predicted molar refractivity (Wildman–Crippen MR) is 122 cm³/mol. The molecule has 0 saturated heterocycles. The van der Waals surface area contributed by atoms with Crippen LogP contribution in [-0.2, 0) is 11.2 Å². The minimum absolute atomic E-state index is 0.0646. The van der Waals surface area contributed by atoms with E-state index in [1.165, 1.54) is 13.2 Å². The van der Waals surface area contributed by atoms with Gasteiger partial charge in [0.25, 0.3) is 5.91 Å². The van der Waals surface area contributed by atoms with Crippen LogP contribution in [0.4, 0.5) is 0 Å². The van der Waals surface area contributed by atoms with Gasteiger partial charge >= 0.3 is 0 Å². The first-order chi connectivity index (χ1) is 15.9. The van der Waals surface area contributed by atoms with Gasteiger partial charge in [0.05, 0.1) is 19.8 Å². The smallest absolute Gasteiger partial charge is 0.274 e. The molecule has 2 amide bonds. The molecule has 0 saturated carbocycles. The zero-order chi connectivity index (χ0) is 23.8. The lowest BCUT2D eigenvalue weighted by molar-refractivity contribution is -0.123. The largest absolute Gasteiger partial charge is 0.497 e. The highest BCUT2D eigenvalue weighted by Crippen LogP contribution is 2.33. The highest BCUT2D eigenvalue weighted by atomic mass is 16.5. The lowest BCUT2D eigenvalue weighted by Crippen LogP contribution is -2.50. The van der Waals surface area contributed by atoms with Crippen molar-refractivity contribution in [1.29, 1.82) is 0 Å². The number of hydrogen-bond acceptors (Lipinski definition) is 7. The maximum Gasteiger partial charge on any atom is 0.274 e. The van der Waals surface area contributed by atoms with Gasteiger partial charge in [-0.1, -0.05) is 25.1 Å². The second kappa shape index (κ2) is 11.1. The van der Waals surface area contributed by atoms with E-state index < -0.39 is 11.9 Å². The van der Waals surface area contributed by atoms with Gasteiger partial charge in [0.15, 0.2) is 11.5 Å². The topological polar surface area (TPSA) is 116 Å². The first-order valence-corrected chi connectivity index (χ1v) is 10.6. The van der Waals surface area contributed by atoms with Crippen LogP contribution < -0.4 is 20.1 Å². The molecule has 2 heterocycles. The van der Waals surface area contributed by atoms with Gasteiger partial charge in [-0.05, 0) is 30.2 Å². The Labute approximate surface area is 192 Å². The molecule has 9 heteroatoms. The van der Waals surface area contributed by atoms with Crippen molar-refractivity contribution in [2.24, 2.45) is 5.92 Å². The number of ether oxygens (including phenoxy) is 2. The number of carbonyl (C=O) groups excluding carboxylic acids is 2. The van der Waals surface area contributed by atoms with E-state index in [1.807, 2.05) is 32.0 Å². The molecule has 0 aliphatic heterocycles. The van der Waals surface area contributed by atoms with Crippen LogP contribution in [0.15, 0.2) is 53.2 Å². The first kappa shape index (κ1) is 23.8. The van der Waals surface area contributed by atoms with E-state index in [1.54, 1.807) is 31.5 Å². The van der Waals surface area contributed by atoms with Crippen LogP contribution in [0.25, 0.3) is 11.3 Å². The summed E-state index contributed by atoms with van der Waals surface area (Å²) < 4.78 is 15.9. The van der Waals surface area contributed by atoms with E-state index in [4.69, 9.17) is 14.0 Å². The van der Waals surface area contributed by atoms with Gasteiger partial charge in [0.1, 0.15) is 17.5 Å². The Kier molecular flexibility index (Phi) is 8.01. The molecule has 2 aromatic heterocycles. The molecular formula is C24H28N4O5. The molecular weight excluding hydrogens is 424 g/mol. The SMILES string of the molecule is COc1ccc(-c2cc(C(=O)N[C@@H](C(=O)NCCc3ccccn3)C(C)C)no2)c(OC)c1. The zero-order valence-corrected chi connectivity index (χ0v) is 19.1. The Hall–Kier alpha value is -3.88. The van der Waals surface area contributed by atoms with Gasteiger partial charge in [-0.25, -0.2) is 0 Å². The normalized spacial score (nSPS) is 11.7. The third kappa shape index (κ3) is 6.09. The standard InChI is InChI=1S/C24H28N4O5/c1-15(2)22(24(30)26-12-10-16-7-5-6-11-25-16)27-23(29)19-14-21(33-28-19)18-9-8-17(31-3)13-20(18)32-4/h5-9,11,13-15,22H,10,12H2,1-4H3,(H,26,30)(H,27,29)/t22-/m1/s1. The van der Waals surface area contributed by atoms with Crippen molar-refractivity contribution in [3.05, 3.63) is 60.0 Å². The van der Waals surface area contributed by atoms with Gasteiger partial charge in [0, 0.05) is 37.0 Å². The Balaban J connectivity index is 1.65. The average Bonchev–Trinajstić information content (AvgIpc) is 3.32. The summed E-state index contributed by atoms with van der Waals surface area (Å²) in [5.41, 5.74) is 1.57. The summed E-state index contributed by atoms with van der Waals surface area (Å²) in [5.74, 6) is 0.606. The van der Waals surface area contributed by atoms with Gasteiger partial charge in [0.2, 0.25) is 5.91 Å². The van der Waals surface area contributed by atoms with Crippen molar-refractivity contribution >= 4 is 11.8 Å². The lowest BCUT2D eigenvalue weighted by atomic mass is 10.0. The molecule has 174 valence electrons. The van der Waals surface area contributed by atoms with E-state index in [-0.39, 0.29) is 17.5 Å². The van der Waals surface area contributed by atoms with Gasteiger partial charge in [-0.2, -0.15) is 0 Å². The fourth-order valence-electron chi connectivity index (χ4n) is 3.23. The predicted octanol–water partition coefficient (Wildman–Crippen LogP) is 2.87. The van der Waals surface area contributed by atoms with Crippen molar-refractivity contribution in [1.82, 2.24) is 20.8 Å². The number of amides is 2. The monoisotopic (exact) mass is 452 g/mol. The summed E-state index contributed by atoms with van der Waals surface area (Å²) in [6.07, 6.45) is 2.31. The Morgan fingerprint density at radius 2 is 1.91 bits per heavy atom. The molecule has 0 unspecified atom stereocenters. The summed E-state index contributed by atoms with van der Waals surface area (Å²) in [5, 5.41) is 9.48. The average molecular weight is 453 g/mol. The van der Waals surface area contributed by atoms with Crippen LogP contribution in [0.2, 0.25) is 0 Å². The summed E-state index contributed by atoms with van der Waals surface area (Å²) in [4.78, 5) is 29.7. The fraction of sp³-hybridized carbons (Fsp3) is 0.333. The number of rotatable bonds is 10. The van der Waals surface area contributed by atoms with E-state index in [0.29, 0.717) is 35.8 Å². The second-order valence-corrected chi connectivity index (χ2v) is 7.70. The summed E-state index contributed by atoms with van der Waals surface area (Å²) in [6.45, 7) is 4.14. The van der Waals surface area contributed by atoms with Crippen LogP contribution in [0.1, 0.15) is 30.0 Å². The van der Waals surface area contributed by atoms with E-state index in [0.717, 1.165) is 5.69 Å². The molecule has 0 spiro atoms. The lowest BCUT2D eigenvalue weighted by Gasteiger charge is -2.21. The van der Waals surface area contributed by atoms with E-state index in [2.05, 4.69) is 20.8 Å². The number of benzene rings is 1. The van der Waals surface area contributed by atoms with E-state index in [9.17, 15) is 9.59 Å². The van der Waals surface area contributed by atoms with Crippen LogP contribution in [0, 0.1) is 5.92 Å². The molecule has 0 aliphatic rings. The Morgan fingerprint density at radius 1 is 1.09 bits per heavy atom. The molecule has 2 N–H and O–H groups in total. The number of hydrogen-bond donors (Lipinski definition) is 2. The first-order valence-electron chi connectivity index (χ1n) is 10.6. The maximum absolute atomic E-state index is 12.8. The molecule has 0 aliphatic carbocycles. The summed E-state index contributed by atoms with van der Waals surface area (Å²) >= 11 is 0. The highest BCUT2D eigenvalue weighted by molar-refractivity contribution is 5.96. The molecule has 3 aromatic rings. The van der Waals surface area contributed by atoms with Crippen LogP contribution in [-0.4, -0.2) is 48.8 Å². The molecule has 1 atom stereocenters. The van der Waals surface area contributed by atoms with Crippen LogP contribution in [0.3, 0.4) is 0 Å². The molecule has 0 bridgehead atoms. The quantitative estimate of drug-likeness (QED) is 0.486. The fourth-order valence-corrected chi connectivity index (χ4v) is 3.23. The number of nitrogens with one attached hydrogen (secondary N) is 2. The zero-order valence-electron chi connectivity index (χ0n) is 19.1.